The van der Waals surface area contributed by atoms with Crippen LogP contribution in [-0.2, 0) is 16.0 Å². The number of hydrogen-bond donors (Lipinski definition) is 1. The number of carbonyl (C=O) groups is 2. The van der Waals surface area contributed by atoms with E-state index >= 15 is 0 Å². The monoisotopic (exact) mass is 367 g/mol. The largest absolute Gasteiger partial charge is 0.356 e. The van der Waals surface area contributed by atoms with Crippen LogP contribution < -0.4 is 5.32 Å². The molecule has 1 saturated heterocycles. The second-order valence-electron chi connectivity index (χ2n) is 8.35. The standard InChI is InChI=1S/C22H29N3O2/c1-22(2,3)21(27)25-14-10-18(11-15-25)20(26)24-13-9-17-7-4-6-16-8-5-12-23-19(16)17/h4-8,12,18H,9-11,13-15H2,1-3H3,(H,24,26). The number of benzene rings is 1. The number of fused-ring (bicyclic) bond motifs is 1. The normalized spacial score (nSPS) is 15.7. The fourth-order valence-corrected chi connectivity index (χ4v) is 3.65. The Labute approximate surface area is 161 Å². The van der Waals surface area contributed by atoms with Crippen molar-refractivity contribution in [3.8, 4) is 0 Å². The zero-order valence-corrected chi connectivity index (χ0v) is 16.5. The third-order valence-electron chi connectivity index (χ3n) is 5.20. The molecular formula is C22H29N3O2. The Kier molecular flexibility index (Phi) is 5.78. The third-order valence-corrected chi connectivity index (χ3v) is 5.20. The van der Waals surface area contributed by atoms with E-state index in [0.717, 1.165) is 35.7 Å². The van der Waals surface area contributed by atoms with Crippen molar-refractivity contribution in [3.05, 3.63) is 42.1 Å². The average molecular weight is 367 g/mol. The van der Waals surface area contributed by atoms with Crippen LogP contribution in [0, 0.1) is 11.3 Å². The van der Waals surface area contributed by atoms with Crippen molar-refractivity contribution in [1.29, 1.82) is 0 Å². The molecule has 0 unspecified atom stereocenters. The van der Waals surface area contributed by atoms with Gasteiger partial charge in [-0.3, -0.25) is 14.6 Å². The molecule has 144 valence electrons. The molecule has 0 radical (unpaired) electrons. The van der Waals surface area contributed by atoms with E-state index in [-0.39, 0.29) is 23.1 Å². The molecule has 0 bridgehead atoms. The molecule has 5 nitrogen and oxygen atoms in total. The molecule has 2 amide bonds. The van der Waals surface area contributed by atoms with Crippen LogP contribution >= 0.6 is 0 Å². The first-order valence-electron chi connectivity index (χ1n) is 9.76. The van der Waals surface area contributed by atoms with E-state index in [9.17, 15) is 9.59 Å². The van der Waals surface area contributed by atoms with Gasteiger partial charge in [0.05, 0.1) is 5.52 Å². The molecule has 1 aromatic heterocycles. The Morgan fingerprint density at radius 3 is 2.56 bits per heavy atom. The summed E-state index contributed by atoms with van der Waals surface area (Å²) in [6.45, 7) is 7.77. The zero-order valence-electron chi connectivity index (χ0n) is 16.5. The lowest BCUT2D eigenvalue weighted by atomic mass is 9.90. The molecule has 1 aliphatic heterocycles. The van der Waals surface area contributed by atoms with Crippen LogP contribution in [0.25, 0.3) is 10.9 Å². The molecule has 1 fully saturated rings. The number of hydrogen-bond acceptors (Lipinski definition) is 3. The van der Waals surface area contributed by atoms with Gasteiger partial charge in [-0.25, -0.2) is 0 Å². The van der Waals surface area contributed by atoms with E-state index in [2.05, 4.69) is 28.5 Å². The van der Waals surface area contributed by atoms with E-state index < -0.39 is 0 Å². The molecule has 2 heterocycles. The Morgan fingerprint density at radius 1 is 1.15 bits per heavy atom. The smallest absolute Gasteiger partial charge is 0.227 e. The molecule has 0 spiro atoms. The molecule has 1 N–H and O–H groups in total. The first-order chi connectivity index (χ1) is 12.9. The van der Waals surface area contributed by atoms with Crippen LogP contribution in [0.15, 0.2) is 36.5 Å². The van der Waals surface area contributed by atoms with Gasteiger partial charge in [-0.05, 0) is 30.9 Å². The minimum absolute atomic E-state index is 0.000314. The highest BCUT2D eigenvalue weighted by Crippen LogP contribution is 2.23. The van der Waals surface area contributed by atoms with E-state index in [1.165, 1.54) is 0 Å². The van der Waals surface area contributed by atoms with Gasteiger partial charge in [0.2, 0.25) is 11.8 Å². The highest BCUT2D eigenvalue weighted by Gasteiger charge is 2.32. The summed E-state index contributed by atoms with van der Waals surface area (Å²) in [5, 5.41) is 4.19. The summed E-state index contributed by atoms with van der Waals surface area (Å²) in [4.78, 5) is 31.2. The maximum Gasteiger partial charge on any atom is 0.227 e. The fourth-order valence-electron chi connectivity index (χ4n) is 3.65. The van der Waals surface area contributed by atoms with Crippen molar-refractivity contribution in [2.75, 3.05) is 19.6 Å². The number of likely N-dealkylation sites (tertiary alicyclic amines) is 1. The second-order valence-corrected chi connectivity index (χ2v) is 8.35. The van der Waals surface area contributed by atoms with Crippen molar-refractivity contribution in [2.24, 2.45) is 11.3 Å². The van der Waals surface area contributed by atoms with Gasteiger partial charge in [0.1, 0.15) is 0 Å². The summed E-state index contributed by atoms with van der Waals surface area (Å²) in [5.74, 6) is 0.274. The molecule has 0 atom stereocenters. The molecule has 1 aromatic carbocycles. The van der Waals surface area contributed by atoms with E-state index in [4.69, 9.17) is 0 Å². The number of nitrogens with zero attached hydrogens (tertiary/aromatic N) is 2. The van der Waals surface area contributed by atoms with Crippen LogP contribution in [-0.4, -0.2) is 41.3 Å². The van der Waals surface area contributed by atoms with Crippen molar-refractivity contribution in [2.45, 2.75) is 40.0 Å². The number of aromatic nitrogens is 1. The predicted molar refractivity (Wildman–Crippen MR) is 107 cm³/mol. The number of rotatable bonds is 4. The Hall–Kier alpha value is -2.43. The van der Waals surface area contributed by atoms with E-state index in [0.29, 0.717) is 19.6 Å². The Balaban J connectivity index is 1.48. The maximum absolute atomic E-state index is 12.5. The molecule has 0 saturated carbocycles. The first-order valence-corrected chi connectivity index (χ1v) is 9.76. The number of carbonyl (C=O) groups excluding carboxylic acids is 2. The summed E-state index contributed by atoms with van der Waals surface area (Å²) in [6.07, 6.45) is 4.05. The first kappa shape index (κ1) is 19.3. The topological polar surface area (TPSA) is 62.3 Å². The minimum atomic E-state index is -0.360. The molecular weight excluding hydrogens is 338 g/mol. The molecule has 3 rings (SSSR count). The number of amides is 2. The molecule has 27 heavy (non-hydrogen) atoms. The quantitative estimate of drug-likeness (QED) is 0.903. The molecule has 0 aliphatic carbocycles. The van der Waals surface area contributed by atoms with E-state index in [1.807, 2.05) is 37.8 Å². The van der Waals surface area contributed by atoms with E-state index in [1.54, 1.807) is 6.20 Å². The lowest BCUT2D eigenvalue weighted by Crippen LogP contribution is -2.46. The van der Waals surface area contributed by atoms with Crippen molar-refractivity contribution < 1.29 is 9.59 Å². The van der Waals surface area contributed by atoms with Gasteiger partial charge in [-0.15, -0.1) is 0 Å². The summed E-state index contributed by atoms with van der Waals surface area (Å²) in [7, 11) is 0. The summed E-state index contributed by atoms with van der Waals surface area (Å²) >= 11 is 0. The van der Waals surface area contributed by atoms with Crippen LogP contribution in [0.2, 0.25) is 0 Å². The number of pyridine rings is 1. The highest BCUT2D eigenvalue weighted by molar-refractivity contribution is 5.83. The highest BCUT2D eigenvalue weighted by atomic mass is 16.2. The van der Waals surface area contributed by atoms with Gasteiger partial charge in [0.25, 0.3) is 0 Å². The minimum Gasteiger partial charge on any atom is -0.356 e. The van der Waals surface area contributed by atoms with Gasteiger partial charge < -0.3 is 10.2 Å². The van der Waals surface area contributed by atoms with Crippen molar-refractivity contribution in [3.63, 3.8) is 0 Å². The van der Waals surface area contributed by atoms with Gasteiger partial charge in [0, 0.05) is 42.6 Å². The number of para-hydroxylation sites is 1. The summed E-state index contributed by atoms with van der Waals surface area (Å²) in [5.41, 5.74) is 1.80. The van der Waals surface area contributed by atoms with Gasteiger partial charge in [-0.2, -0.15) is 0 Å². The number of piperidine rings is 1. The fraction of sp³-hybridized carbons (Fsp3) is 0.500. The Bertz CT molecular complexity index is 812. The van der Waals surface area contributed by atoms with Crippen LogP contribution in [0.3, 0.4) is 0 Å². The van der Waals surface area contributed by atoms with Gasteiger partial charge in [0.15, 0.2) is 0 Å². The molecule has 2 aromatic rings. The maximum atomic E-state index is 12.5. The molecule has 5 heteroatoms. The predicted octanol–water partition coefficient (Wildman–Crippen LogP) is 3.18. The zero-order chi connectivity index (χ0) is 19.4. The lowest BCUT2D eigenvalue weighted by molar-refractivity contribution is -0.142. The lowest BCUT2D eigenvalue weighted by Gasteiger charge is -2.35. The SMILES string of the molecule is CC(C)(C)C(=O)N1CCC(C(=O)NCCc2cccc3cccnc23)CC1. The summed E-state index contributed by atoms with van der Waals surface area (Å²) < 4.78 is 0. The number of nitrogens with one attached hydrogen (secondary N) is 1. The average Bonchev–Trinajstić information content (AvgIpc) is 2.67. The van der Waals surface area contributed by atoms with Crippen LogP contribution in [0.1, 0.15) is 39.2 Å². The van der Waals surface area contributed by atoms with Crippen LogP contribution in [0.4, 0.5) is 0 Å². The van der Waals surface area contributed by atoms with Crippen LogP contribution in [0.5, 0.6) is 0 Å². The summed E-state index contributed by atoms with van der Waals surface area (Å²) in [6, 6.07) is 10.1. The third kappa shape index (κ3) is 4.65. The second kappa shape index (κ2) is 8.07. The Morgan fingerprint density at radius 2 is 1.85 bits per heavy atom. The molecule has 1 aliphatic rings. The van der Waals surface area contributed by atoms with Crippen molar-refractivity contribution >= 4 is 22.7 Å². The van der Waals surface area contributed by atoms with Crippen molar-refractivity contribution in [1.82, 2.24) is 15.2 Å². The van der Waals surface area contributed by atoms with Gasteiger partial charge >= 0.3 is 0 Å². The van der Waals surface area contributed by atoms with Gasteiger partial charge in [-0.1, -0.05) is 45.0 Å².